The average Bonchev–Trinajstić information content (AvgIpc) is 2.68. The van der Waals surface area contributed by atoms with Crippen LogP contribution in [0.2, 0.25) is 0 Å². The van der Waals surface area contributed by atoms with Crippen molar-refractivity contribution >= 4 is 10.0 Å². The molecule has 0 aliphatic carbocycles. The van der Waals surface area contributed by atoms with E-state index in [2.05, 4.69) is 20.8 Å². The van der Waals surface area contributed by atoms with Gasteiger partial charge in [-0.3, -0.25) is 0 Å². The molecule has 0 aromatic heterocycles. The Morgan fingerprint density at radius 2 is 1.85 bits per heavy atom. The van der Waals surface area contributed by atoms with Crippen molar-refractivity contribution in [3.63, 3.8) is 0 Å². The summed E-state index contributed by atoms with van der Waals surface area (Å²) in [6.45, 7) is 9.79. The lowest BCUT2D eigenvalue weighted by Gasteiger charge is -2.37. The molecule has 2 saturated heterocycles. The SMILES string of the molecule is C[C@H]1COC2(CCN(S(=O)(=O)CCC(C)(C)C)CC2)O1. The maximum Gasteiger partial charge on any atom is 0.214 e. The Kier molecular flexibility index (Phi) is 4.50. The van der Waals surface area contributed by atoms with Crippen molar-refractivity contribution in [2.45, 2.75) is 58.8 Å². The van der Waals surface area contributed by atoms with Gasteiger partial charge in [-0.2, -0.15) is 0 Å². The Labute approximate surface area is 122 Å². The summed E-state index contributed by atoms with van der Waals surface area (Å²) in [5.74, 6) is -0.308. The first-order chi connectivity index (χ1) is 9.12. The van der Waals surface area contributed by atoms with E-state index >= 15 is 0 Å². The van der Waals surface area contributed by atoms with Crippen molar-refractivity contribution in [1.29, 1.82) is 0 Å². The molecule has 0 aromatic rings. The van der Waals surface area contributed by atoms with Crippen molar-refractivity contribution in [1.82, 2.24) is 4.31 Å². The van der Waals surface area contributed by atoms with Crippen LogP contribution in [0, 0.1) is 5.41 Å². The molecule has 2 aliphatic heterocycles. The van der Waals surface area contributed by atoms with Crippen LogP contribution in [0.1, 0.15) is 47.0 Å². The van der Waals surface area contributed by atoms with Crippen LogP contribution in [0.15, 0.2) is 0 Å². The van der Waals surface area contributed by atoms with E-state index in [0.717, 1.165) is 0 Å². The molecule has 2 heterocycles. The zero-order valence-electron chi connectivity index (χ0n) is 13.0. The van der Waals surface area contributed by atoms with Crippen LogP contribution in [-0.4, -0.2) is 50.1 Å². The number of piperidine rings is 1. The second kappa shape index (κ2) is 5.55. The lowest BCUT2D eigenvalue weighted by atomic mass is 9.94. The lowest BCUT2D eigenvalue weighted by molar-refractivity contribution is -0.187. The second-order valence-electron chi connectivity index (χ2n) is 7.18. The van der Waals surface area contributed by atoms with E-state index in [1.165, 1.54) is 0 Å². The van der Waals surface area contributed by atoms with Crippen molar-refractivity contribution < 1.29 is 17.9 Å². The third-order valence-corrected chi connectivity index (χ3v) is 5.86. The molecular formula is C14H27NO4S. The minimum Gasteiger partial charge on any atom is -0.347 e. The number of hydrogen-bond acceptors (Lipinski definition) is 4. The Bertz CT molecular complexity index is 433. The summed E-state index contributed by atoms with van der Waals surface area (Å²) in [5.41, 5.74) is 0.0389. The summed E-state index contributed by atoms with van der Waals surface area (Å²) in [7, 11) is -3.15. The van der Waals surface area contributed by atoms with Gasteiger partial charge in [-0.15, -0.1) is 0 Å². The van der Waals surface area contributed by atoms with E-state index in [1.807, 2.05) is 6.92 Å². The topological polar surface area (TPSA) is 55.8 Å². The summed E-state index contributed by atoms with van der Waals surface area (Å²) >= 11 is 0. The third-order valence-electron chi connectivity index (χ3n) is 3.98. The first-order valence-corrected chi connectivity index (χ1v) is 9.03. The van der Waals surface area contributed by atoms with Gasteiger partial charge in [0.15, 0.2) is 5.79 Å². The van der Waals surface area contributed by atoms with Crippen LogP contribution >= 0.6 is 0 Å². The highest BCUT2D eigenvalue weighted by Crippen LogP contribution is 2.35. The molecule has 1 spiro atoms. The van der Waals surface area contributed by atoms with E-state index in [4.69, 9.17) is 9.47 Å². The summed E-state index contributed by atoms with van der Waals surface area (Å²) < 4.78 is 37.8. The molecular weight excluding hydrogens is 278 g/mol. The molecule has 0 amide bonds. The number of rotatable bonds is 3. The van der Waals surface area contributed by atoms with Gasteiger partial charge in [0.1, 0.15) is 0 Å². The zero-order chi connectivity index (χ0) is 15.0. The highest BCUT2D eigenvalue weighted by Gasteiger charge is 2.44. The van der Waals surface area contributed by atoms with Crippen LogP contribution in [-0.2, 0) is 19.5 Å². The summed E-state index contributed by atoms with van der Waals surface area (Å²) in [5, 5.41) is 0. The fraction of sp³-hybridized carbons (Fsp3) is 1.00. The molecule has 118 valence electrons. The maximum atomic E-state index is 12.3. The highest BCUT2D eigenvalue weighted by molar-refractivity contribution is 7.89. The van der Waals surface area contributed by atoms with Gasteiger partial charge in [0.2, 0.25) is 10.0 Å². The number of hydrogen-bond donors (Lipinski definition) is 0. The van der Waals surface area contributed by atoms with Crippen LogP contribution in [0.5, 0.6) is 0 Å². The van der Waals surface area contributed by atoms with E-state index < -0.39 is 15.8 Å². The van der Waals surface area contributed by atoms with Crippen molar-refractivity contribution in [2.24, 2.45) is 5.41 Å². The molecule has 0 N–H and O–H groups in total. The quantitative estimate of drug-likeness (QED) is 0.800. The van der Waals surface area contributed by atoms with Crippen LogP contribution in [0.25, 0.3) is 0 Å². The summed E-state index contributed by atoms with van der Waals surface area (Å²) in [4.78, 5) is 0. The van der Waals surface area contributed by atoms with Crippen molar-refractivity contribution in [2.75, 3.05) is 25.4 Å². The Morgan fingerprint density at radius 3 is 2.30 bits per heavy atom. The minimum atomic E-state index is -3.15. The van der Waals surface area contributed by atoms with Gasteiger partial charge >= 0.3 is 0 Å². The second-order valence-corrected chi connectivity index (χ2v) is 9.26. The molecule has 2 aliphatic rings. The van der Waals surface area contributed by atoms with Gasteiger partial charge in [-0.05, 0) is 18.8 Å². The van der Waals surface area contributed by atoms with E-state index in [9.17, 15) is 8.42 Å². The molecule has 0 bridgehead atoms. The largest absolute Gasteiger partial charge is 0.347 e. The van der Waals surface area contributed by atoms with Gasteiger partial charge in [0.05, 0.1) is 18.5 Å². The summed E-state index contributed by atoms with van der Waals surface area (Å²) in [6.07, 6.45) is 2.05. The number of ether oxygens (including phenoxy) is 2. The smallest absolute Gasteiger partial charge is 0.214 e. The molecule has 1 atom stereocenters. The number of sulfonamides is 1. The first kappa shape index (κ1) is 16.2. The third kappa shape index (κ3) is 3.93. The molecule has 2 rings (SSSR count). The minimum absolute atomic E-state index is 0.0389. The molecule has 20 heavy (non-hydrogen) atoms. The first-order valence-electron chi connectivity index (χ1n) is 7.42. The van der Waals surface area contributed by atoms with Crippen molar-refractivity contribution in [3.8, 4) is 0 Å². The number of nitrogens with zero attached hydrogens (tertiary/aromatic N) is 1. The van der Waals surface area contributed by atoms with Gasteiger partial charge in [-0.1, -0.05) is 20.8 Å². The van der Waals surface area contributed by atoms with Crippen LogP contribution in [0.4, 0.5) is 0 Å². The molecule has 2 fully saturated rings. The van der Waals surface area contributed by atoms with E-state index in [-0.39, 0.29) is 17.3 Å². The maximum absolute atomic E-state index is 12.3. The van der Waals surface area contributed by atoms with Gasteiger partial charge in [0, 0.05) is 25.9 Å². The van der Waals surface area contributed by atoms with Gasteiger partial charge in [0.25, 0.3) is 0 Å². The van der Waals surface area contributed by atoms with Gasteiger partial charge in [-0.25, -0.2) is 12.7 Å². The predicted octanol–water partition coefficient (Wildman–Crippen LogP) is 1.98. The molecule has 0 aromatic carbocycles. The zero-order valence-corrected chi connectivity index (χ0v) is 13.8. The van der Waals surface area contributed by atoms with Crippen LogP contribution < -0.4 is 0 Å². The van der Waals surface area contributed by atoms with Crippen molar-refractivity contribution in [3.05, 3.63) is 0 Å². The molecule has 0 radical (unpaired) electrons. The van der Waals surface area contributed by atoms with E-state index in [0.29, 0.717) is 39.0 Å². The Morgan fingerprint density at radius 1 is 1.25 bits per heavy atom. The Balaban J connectivity index is 1.90. The fourth-order valence-corrected chi connectivity index (χ4v) is 4.50. The fourth-order valence-electron chi connectivity index (χ4n) is 2.64. The normalized spacial score (nSPS) is 28.1. The molecule has 6 heteroatoms. The van der Waals surface area contributed by atoms with Crippen LogP contribution in [0.3, 0.4) is 0 Å². The van der Waals surface area contributed by atoms with Gasteiger partial charge < -0.3 is 9.47 Å². The predicted molar refractivity (Wildman–Crippen MR) is 77.9 cm³/mol. The average molecular weight is 305 g/mol. The Hall–Kier alpha value is -0.170. The highest BCUT2D eigenvalue weighted by atomic mass is 32.2. The lowest BCUT2D eigenvalue weighted by Crippen LogP contribution is -2.48. The molecule has 5 nitrogen and oxygen atoms in total. The van der Waals surface area contributed by atoms with E-state index in [1.54, 1.807) is 4.31 Å². The summed E-state index contributed by atoms with van der Waals surface area (Å²) in [6, 6.07) is 0. The standard InChI is InChI=1S/C14H27NO4S/c1-12-11-18-14(19-12)5-8-15(9-6-14)20(16,17)10-7-13(2,3)4/h12H,5-11H2,1-4H3/t12-/m0/s1. The molecule has 0 saturated carbocycles. The monoisotopic (exact) mass is 305 g/mol. The molecule has 0 unspecified atom stereocenters.